The smallest absolute Gasteiger partial charge is 0.190 e. The molecule has 2 rings (SSSR count). The second-order valence-electron chi connectivity index (χ2n) is 6.50. The summed E-state index contributed by atoms with van der Waals surface area (Å²) in [4.78, 5) is 11.5. The molecular formula is C18H33N5S. The Hall–Kier alpha value is -1.14. The van der Waals surface area contributed by atoms with Crippen molar-refractivity contribution < 1.29 is 0 Å². The summed E-state index contributed by atoms with van der Waals surface area (Å²) in [5.41, 5.74) is 1.18. The monoisotopic (exact) mass is 351 g/mol. The fraction of sp³-hybridized carbons (Fsp3) is 0.778. The normalized spacial score (nSPS) is 19.5. The summed E-state index contributed by atoms with van der Waals surface area (Å²) in [6.45, 7) is 8.80. The molecule has 0 aliphatic carbocycles. The van der Waals surface area contributed by atoms with Crippen molar-refractivity contribution in [3.63, 3.8) is 0 Å². The Morgan fingerprint density at radius 2 is 2.21 bits per heavy atom. The van der Waals surface area contributed by atoms with Gasteiger partial charge in [0.1, 0.15) is 0 Å². The highest BCUT2D eigenvalue weighted by Crippen LogP contribution is 2.16. The summed E-state index contributed by atoms with van der Waals surface area (Å²) < 4.78 is 0. The predicted octanol–water partition coefficient (Wildman–Crippen LogP) is 2.68. The van der Waals surface area contributed by atoms with Crippen LogP contribution in [0.2, 0.25) is 0 Å². The lowest BCUT2D eigenvalue weighted by molar-refractivity contribution is 0.159. The zero-order valence-corrected chi connectivity index (χ0v) is 16.3. The quantitative estimate of drug-likeness (QED) is 0.429. The van der Waals surface area contributed by atoms with Crippen molar-refractivity contribution in [1.29, 1.82) is 0 Å². The van der Waals surface area contributed by atoms with Gasteiger partial charge in [-0.25, -0.2) is 4.98 Å². The van der Waals surface area contributed by atoms with E-state index in [9.17, 15) is 0 Å². The van der Waals surface area contributed by atoms with Crippen LogP contribution in [0.25, 0.3) is 0 Å². The highest BCUT2D eigenvalue weighted by molar-refractivity contribution is 7.09. The lowest BCUT2D eigenvalue weighted by Crippen LogP contribution is -2.41. The van der Waals surface area contributed by atoms with Crippen molar-refractivity contribution in [1.82, 2.24) is 20.5 Å². The number of nitrogens with one attached hydrogen (secondary N) is 2. The minimum Gasteiger partial charge on any atom is -0.356 e. The van der Waals surface area contributed by atoms with Crippen molar-refractivity contribution in [2.45, 2.75) is 58.4 Å². The molecule has 2 N–H and O–H groups in total. The lowest BCUT2D eigenvalue weighted by Gasteiger charge is -2.33. The first-order valence-electron chi connectivity index (χ1n) is 9.34. The molecule has 0 amide bonds. The van der Waals surface area contributed by atoms with Crippen LogP contribution in [0.15, 0.2) is 10.4 Å². The Labute approximate surface area is 151 Å². The minimum absolute atomic E-state index is 0.752. The number of aromatic nitrogens is 1. The van der Waals surface area contributed by atoms with E-state index in [-0.39, 0.29) is 0 Å². The lowest BCUT2D eigenvalue weighted by atomic mass is 10.0. The number of nitrogens with zero attached hydrogens (tertiary/aromatic N) is 3. The summed E-state index contributed by atoms with van der Waals surface area (Å²) in [6, 6.07) is 0.752. The fourth-order valence-corrected chi connectivity index (χ4v) is 3.91. The Balaban J connectivity index is 1.58. The Kier molecular flexibility index (Phi) is 8.53. The van der Waals surface area contributed by atoms with E-state index in [2.05, 4.69) is 44.7 Å². The minimum atomic E-state index is 0.752. The number of likely N-dealkylation sites (tertiary alicyclic amines) is 1. The maximum absolute atomic E-state index is 4.60. The molecule has 1 aromatic heterocycles. The van der Waals surface area contributed by atoms with Crippen LogP contribution in [0.4, 0.5) is 0 Å². The molecule has 0 spiro atoms. The van der Waals surface area contributed by atoms with Crippen LogP contribution in [0, 0.1) is 0 Å². The topological polar surface area (TPSA) is 52.6 Å². The van der Waals surface area contributed by atoms with Crippen LogP contribution in [0.1, 0.15) is 50.2 Å². The maximum atomic E-state index is 4.60. The molecular weight excluding hydrogens is 318 g/mol. The van der Waals surface area contributed by atoms with E-state index in [1.165, 1.54) is 43.1 Å². The second-order valence-corrected chi connectivity index (χ2v) is 7.44. The molecule has 1 unspecified atom stereocenters. The number of rotatable bonds is 8. The van der Waals surface area contributed by atoms with E-state index in [1.807, 2.05) is 7.05 Å². The summed E-state index contributed by atoms with van der Waals surface area (Å²) in [5, 5.41) is 10.2. The summed E-state index contributed by atoms with van der Waals surface area (Å²) in [6.07, 6.45) is 7.24. The zero-order valence-electron chi connectivity index (χ0n) is 15.5. The van der Waals surface area contributed by atoms with Gasteiger partial charge < -0.3 is 15.5 Å². The van der Waals surface area contributed by atoms with Gasteiger partial charge in [0.05, 0.1) is 10.7 Å². The fourth-order valence-electron chi connectivity index (χ4n) is 3.13. The second kappa shape index (κ2) is 10.7. The van der Waals surface area contributed by atoms with Gasteiger partial charge in [-0.15, -0.1) is 11.3 Å². The molecule has 2 heterocycles. The van der Waals surface area contributed by atoms with Gasteiger partial charge >= 0.3 is 0 Å². The average molecular weight is 352 g/mol. The average Bonchev–Trinajstić information content (AvgIpc) is 3.06. The van der Waals surface area contributed by atoms with Crippen molar-refractivity contribution in [3.8, 4) is 0 Å². The first-order valence-corrected chi connectivity index (χ1v) is 10.2. The van der Waals surface area contributed by atoms with E-state index in [0.29, 0.717) is 0 Å². The zero-order chi connectivity index (χ0) is 17.2. The molecule has 1 atom stereocenters. The van der Waals surface area contributed by atoms with E-state index >= 15 is 0 Å². The van der Waals surface area contributed by atoms with Crippen molar-refractivity contribution in [2.24, 2.45) is 4.99 Å². The van der Waals surface area contributed by atoms with Gasteiger partial charge in [-0.3, -0.25) is 4.99 Å². The summed E-state index contributed by atoms with van der Waals surface area (Å²) >= 11 is 1.76. The summed E-state index contributed by atoms with van der Waals surface area (Å²) in [5.74, 6) is 0.896. The highest BCUT2D eigenvalue weighted by atomic mass is 32.1. The van der Waals surface area contributed by atoms with Crippen LogP contribution in [0.5, 0.6) is 0 Å². The molecule has 0 saturated carbocycles. The predicted molar refractivity (Wildman–Crippen MR) is 104 cm³/mol. The molecule has 1 aromatic rings. The third-order valence-corrected chi connectivity index (χ3v) is 5.70. The third-order valence-electron chi connectivity index (χ3n) is 4.65. The van der Waals surface area contributed by atoms with Gasteiger partial charge in [0.2, 0.25) is 0 Å². The van der Waals surface area contributed by atoms with Gasteiger partial charge in [0.25, 0.3) is 0 Å². The van der Waals surface area contributed by atoms with Crippen LogP contribution in [-0.2, 0) is 12.8 Å². The summed E-state index contributed by atoms with van der Waals surface area (Å²) in [7, 11) is 1.83. The molecule has 0 aromatic carbocycles. The van der Waals surface area contributed by atoms with Crippen molar-refractivity contribution >= 4 is 17.3 Å². The van der Waals surface area contributed by atoms with Gasteiger partial charge in [0.15, 0.2) is 5.96 Å². The standard InChI is InChI=1S/C18H33N5S/c1-4-17-22-16(14-24-17)9-11-21-18(19-3)20-10-7-13-23-12-6-5-8-15(23)2/h14-15H,4-13H2,1-3H3,(H2,19,20,21). The SMILES string of the molecule is CCc1nc(CCNC(=NC)NCCCN2CCCCC2C)cs1. The van der Waals surface area contributed by atoms with Crippen molar-refractivity contribution in [2.75, 3.05) is 33.2 Å². The van der Waals surface area contributed by atoms with E-state index in [1.54, 1.807) is 11.3 Å². The first-order chi connectivity index (χ1) is 11.7. The van der Waals surface area contributed by atoms with E-state index < -0.39 is 0 Å². The number of hydrogen-bond acceptors (Lipinski definition) is 4. The Morgan fingerprint density at radius 3 is 2.92 bits per heavy atom. The highest BCUT2D eigenvalue weighted by Gasteiger charge is 2.17. The molecule has 0 bridgehead atoms. The van der Waals surface area contributed by atoms with Crippen LogP contribution < -0.4 is 10.6 Å². The molecule has 0 radical (unpaired) electrons. The van der Waals surface area contributed by atoms with Gasteiger partial charge in [-0.2, -0.15) is 0 Å². The third kappa shape index (κ3) is 6.40. The van der Waals surface area contributed by atoms with Crippen LogP contribution in [0.3, 0.4) is 0 Å². The number of aliphatic imine (C=N–C) groups is 1. The Bertz CT molecular complexity index is 499. The molecule has 6 heteroatoms. The maximum Gasteiger partial charge on any atom is 0.190 e. The molecule has 136 valence electrons. The van der Waals surface area contributed by atoms with Gasteiger partial charge in [-0.1, -0.05) is 13.3 Å². The number of aryl methyl sites for hydroxylation is 1. The molecule has 1 aliphatic rings. The van der Waals surface area contributed by atoms with E-state index in [0.717, 1.165) is 44.4 Å². The van der Waals surface area contributed by atoms with E-state index in [4.69, 9.17) is 0 Å². The van der Waals surface area contributed by atoms with Crippen LogP contribution >= 0.6 is 11.3 Å². The molecule has 1 aliphatic heterocycles. The van der Waals surface area contributed by atoms with Crippen LogP contribution in [-0.4, -0.2) is 55.1 Å². The van der Waals surface area contributed by atoms with Gasteiger partial charge in [-0.05, 0) is 39.2 Å². The van der Waals surface area contributed by atoms with Gasteiger partial charge in [0, 0.05) is 44.5 Å². The molecule has 1 saturated heterocycles. The number of piperidine rings is 1. The Morgan fingerprint density at radius 1 is 1.38 bits per heavy atom. The largest absolute Gasteiger partial charge is 0.356 e. The first kappa shape index (κ1) is 19.2. The molecule has 5 nitrogen and oxygen atoms in total. The number of hydrogen-bond donors (Lipinski definition) is 2. The molecule has 24 heavy (non-hydrogen) atoms. The number of thiazole rings is 1. The van der Waals surface area contributed by atoms with Crippen molar-refractivity contribution in [3.05, 3.63) is 16.1 Å². The number of guanidine groups is 1. The molecule has 1 fully saturated rings.